The van der Waals surface area contributed by atoms with Crippen molar-refractivity contribution in [3.8, 4) is 11.3 Å². The maximum atomic E-state index is 14.4. The second-order valence-electron chi connectivity index (χ2n) is 9.92. The number of rotatable bonds is 2. The van der Waals surface area contributed by atoms with Crippen molar-refractivity contribution in [1.29, 1.82) is 0 Å². The molecule has 1 saturated carbocycles. The molecule has 33 heavy (non-hydrogen) atoms. The molecule has 0 amide bonds. The van der Waals surface area contributed by atoms with Crippen LogP contribution in [-0.4, -0.2) is 16.8 Å². The highest BCUT2D eigenvalue weighted by Gasteiger charge is 2.85. The van der Waals surface area contributed by atoms with Crippen LogP contribution in [0.15, 0.2) is 30.5 Å². The molecule has 0 atom stereocenters. The summed E-state index contributed by atoms with van der Waals surface area (Å²) in [5.74, 6) is -23.4. The van der Waals surface area contributed by atoms with Gasteiger partial charge in [-0.15, -0.1) is 0 Å². The second kappa shape index (κ2) is 7.15. The van der Waals surface area contributed by atoms with E-state index in [-0.39, 0.29) is 28.8 Å². The van der Waals surface area contributed by atoms with E-state index in [2.05, 4.69) is 18.8 Å². The van der Waals surface area contributed by atoms with Gasteiger partial charge in [-0.1, -0.05) is 26.0 Å². The Morgan fingerprint density at radius 1 is 0.788 bits per heavy atom. The molecule has 0 radical (unpaired) electrons. The van der Waals surface area contributed by atoms with E-state index in [1.54, 1.807) is 12.1 Å². The fraction of sp³-hybridized carbons (Fsp3) is 0.542. The van der Waals surface area contributed by atoms with E-state index in [1.807, 2.05) is 6.92 Å². The van der Waals surface area contributed by atoms with Crippen LogP contribution in [0.2, 0.25) is 0 Å². The van der Waals surface area contributed by atoms with Gasteiger partial charge in [0.2, 0.25) is 0 Å². The van der Waals surface area contributed by atoms with Gasteiger partial charge in [0, 0.05) is 17.3 Å². The predicted molar refractivity (Wildman–Crippen MR) is 107 cm³/mol. The molecule has 1 aromatic heterocycles. The minimum atomic E-state index is -6.28. The van der Waals surface area contributed by atoms with Gasteiger partial charge in [-0.25, -0.2) is 0 Å². The molecular formula is C24H23F8N. The molecule has 2 aromatic rings. The zero-order chi connectivity index (χ0) is 24.6. The second-order valence-corrected chi connectivity index (χ2v) is 9.92. The molecule has 180 valence electrons. The third kappa shape index (κ3) is 3.36. The van der Waals surface area contributed by atoms with Gasteiger partial charge in [0.1, 0.15) is 0 Å². The lowest BCUT2D eigenvalue weighted by Crippen LogP contribution is -2.63. The number of hydrogen-bond acceptors (Lipinski definition) is 1. The highest BCUT2D eigenvalue weighted by Crippen LogP contribution is 2.64. The number of aryl methyl sites for hydroxylation is 1. The standard InChI is InChI=1S/C24H23F8N/c1-13-4-5-15(10-16(13)14-6-8-20(2,3)9-7-14)19-11-17-18(12-33-19)22(27,28)24(31,32)23(29,30)21(17,25)26/h4-5,10-12,14H,6-9H2,1-3H3. The number of nitrogens with zero attached hydrogens (tertiary/aromatic N) is 1. The van der Waals surface area contributed by atoms with E-state index < -0.39 is 34.8 Å². The summed E-state index contributed by atoms with van der Waals surface area (Å²) in [5.41, 5.74) is -1.62. The van der Waals surface area contributed by atoms with E-state index in [1.165, 1.54) is 6.07 Å². The van der Waals surface area contributed by atoms with Crippen LogP contribution in [0, 0.1) is 12.3 Å². The number of benzene rings is 1. The van der Waals surface area contributed by atoms with Crippen molar-refractivity contribution in [1.82, 2.24) is 4.98 Å². The van der Waals surface area contributed by atoms with Crippen LogP contribution in [0.1, 0.15) is 67.7 Å². The van der Waals surface area contributed by atoms with Crippen LogP contribution >= 0.6 is 0 Å². The third-order valence-corrected chi connectivity index (χ3v) is 7.12. The van der Waals surface area contributed by atoms with Crippen molar-refractivity contribution in [2.24, 2.45) is 5.41 Å². The molecule has 1 aromatic carbocycles. The zero-order valence-electron chi connectivity index (χ0n) is 18.3. The summed E-state index contributed by atoms with van der Waals surface area (Å²) >= 11 is 0. The number of pyridine rings is 1. The Hall–Kier alpha value is -2.19. The minimum Gasteiger partial charge on any atom is -0.256 e. The number of fused-ring (bicyclic) bond motifs is 1. The van der Waals surface area contributed by atoms with E-state index in [9.17, 15) is 35.1 Å². The molecule has 4 rings (SSSR count). The average Bonchev–Trinajstić information content (AvgIpc) is 2.73. The smallest absolute Gasteiger partial charge is 0.256 e. The van der Waals surface area contributed by atoms with Crippen molar-refractivity contribution in [3.63, 3.8) is 0 Å². The number of halogens is 8. The molecule has 2 aliphatic rings. The number of alkyl halides is 8. The molecule has 0 unspecified atom stereocenters. The van der Waals surface area contributed by atoms with Crippen LogP contribution in [0.25, 0.3) is 11.3 Å². The summed E-state index contributed by atoms with van der Waals surface area (Å²) in [6.45, 7) is 6.24. The first-order chi connectivity index (χ1) is 15.0. The molecule has 0 bridgehead atoms. The maximum absolute atomic E-state index is 14.4. The van der Waals surface area contributed by atoms with Gasteiger partial charge >= 0.3 is 23.7 Å². The van der Waals surface area contributed by atoms with Crippen LogP contribution in [0.3, 0.4) is 0 Å². The maximum Gasteiger partial charge on any atom is 0.383 e. The van der Waals surface area contributed by atoms with Gasteiger partial charge in [0.05, 0.1) is 11.3 Å². The summed E-state index contributed by atoms with van der Waals surface area (Å²) in [4.78, 5) is 3.68. The third-order valence-electron chi connectivity index (χ3n) is 7.12. The summed E-state index contributed by atoms with van der Waals surface area (Å²) < 4.78 is 112. The Bertz CT molecular complexity index is 1080. The fourth-order valence-corrected chi connectivity index (χ4v) is 4.81. The van der Waals surface area contributed by atoms with Crippen LogP contribution in [0.4, 0.5) is 35.1 Å². The van der Waals surface area contributed by atoms with Crippen molar-refractivity contribution in [2.75, 3.05) is 0 Å². The molecule has 1 fully saturated rings. The lowest BCUT2D eigenvalue weighted by molar-refractivity contribution is -0.386. The SMILES string of the molecule is Cc1ccc(-c2cc3c(cn2)C(F)(F)C(F)(F)C(F)(F)C3(F)F)cc1C1CCC(C)(C)CC1. The van der Waals surface area contributed by atoms with E-state index in [0.29, 0.717) is 6.07 Å². The van der Waals surface area contributed by atoms with Gasteiger partial charge in [0.25, 0.3) is 0 Å². The summed E-state index contributed by atoms with van der Waals surface area (Å²) in [6.07, 6.45) is 3.94. The van der Waals surface area contributed by atoms with Gasteiger partial charge in [-0.05, 0) is 67.2 Å². The van der Waals surface area contributed by atoms with E-state index in [4.69, 9.17) is 0 Å². The van der Waals surface area contributed by atoms with E-state index in [0.717, 1.165) is 36.8 Å². The Kier molecular flexibility index (Phi) is 5.19. The Balaban J connectivity index is 1.79. The molecule has 0 N–H and O–H groups in total. The largest absolute Gasteiger partial charge is 0.383 e. The summed E-state index contributed by atoms with van der Waals surface area (Å²) in [6, 6.07) is 5.32. The van der Waals surface area contributed by atoms with Gasteiger partial charge < -0.3 is 0 Å². The first-order valence-electron chi connectivity index (χ1n) is 10.7. The van der Waals surface area contributed by atoms with Crippen LogP contribution in [-0.2, 0) is 11.8 Å². The number of aromatic nitrogens is 1. The Labute approximate surface area is 186 Å². The molecular weight excluding hydrogens is 454 g/mol. The first kappa shape index (κ1) is 24.0. The summed E-state index contributed by atoms with van der Waals surface area (Å²) in [5, 5.41) is 0. The minimum absolute atomic E-state index is 0.157. The highest BCUT2D eigenvalue weighted by molar-refractivity contribution is 5.64. The fourth-order valence-electron chi connectivity index (χ4n) is 4.81. The molecule has 1 heterocycles. The molecule has 9 heteroatoms. The lowest BCUT2D eigenvalue weighted by Gasteiger charge is -2.42. The van der Waals surface area contributed by atoms with Gasteiger partial charge in [0.15, 0.2) is 0 Å². The Morgan fingerprint density at radius 2 is 1.33 bits per heavy atom. The quantitative estimate of drug-likeness (QED) is 0.397. The predicted octanol–water partition coefficient (Wildman–Crippen LogP) is 8.21. The molecule has 0 saturated heterocycles. The van der Waals surface area contributed by atoms with Crippen molar-refractivity contribution in [2.45, 2.75) is 76.1 Å². The Morgan fingerprint density at radius 3 is 1.91 bits per heavy atom. The molecule has 0 aliphatic heterocycles. The van der Waals surface area contributed by atoms with E-state index >= 15 is 0 Å². The average molecular weight is 477 g/mol. The first-order valence-corrected chi connectivity index (χ1v) is 10.7. The molecule has 2 aliphatic carbocycles. The van der Waals surface area contributed by atoms with Crippen LogP contribution in [0.5, 0.6) is 0 Å². The van der Waals surface area contributed by atoms with Crippen LogP contribution < -0.4 is 0 Å². The normalized spacial score (nSPS) is 24.8. The molecule has 1 nitrogen and oxygen atoms in total. The van der Waals surface area contributed by atoms with Gasteiger partial charge in [-0.2, -0.15) is 35.1 Å². The zero-order valence-corrected chi connectivity index (χ0v) is 18.3. The monoisotopic (exact) mass is 477 g/mol. The van der Waals surface area contributed by atoms with Crippen molar-refractivity contribution < 1.29 is 35.1 Å². The highest BCUT2D eigenvalue weighted by atomic mass is 19.4. The van der Waals surface area contributed by atoms with Crippen molar-refractivity contribution in [3.05, 3.63) is 52.7 Å². The molecule has 0 spiro atoms. The lowest BCUT2D eigenvalue weighted by atomic mass is 9.70. The van der Waals surface area contributed by atoms with Gasteiger partial charge in [-0.3, -0.25) is 4.98 Å². The topological polar surface area (TPSA) is 12.9 Å². The summed E-state index contributed by atoms with van der Waals surface area (Å²) in [7, 11) is 0. The number of hydrogen-bond donors (Lipinski definition) is 0. The van der Waals surface area contributed by atoms with Crippen molar-refractivity contribution >= 4 is 0 Å².